The fraction of sp³-hybridized carbons (Fsp3) is 0.824. The van der Waals surface area contributed by atoms with Crippen molar-refractivity contribution >= 4 is 5.97 Å². The molecule has 0 radical (unpaired) electrons. The van der Waals surface area contributed by atoms with Crippen molar-refractivity contribution in [2.45, 2.75) is 77.6 Å². The van der Waals surface area contributed by atoms with Crippen LogP contribution in [0.4, 0.5) is 0 Å². The highest BCUT2D eigenvalue weighted by atomic mass is 16.5. The highest BCUT2D eigenvalue weighted by Gasteiger charge is 1.94. The molecular weight excluding hydrogens is 252 g/mol. The van der Waals surface area contributed by atoms with Gasteiger partial charge in [-0.25, -0.2) is 0 Å². The standard InChI is InChI=1S/C17H32O3/c1-17(19)20-16-14-12-10-8-6-4-2-3-5-7-9-11-13-15-18/h9,11,18H,2-8,10,12-16H2,1H3/b11-9+. The molecule has 3 nitrogen and oxygen atoms in total. The number of unbranched alkanes of at least 4 members (excludes halogenated alkanes) is 9. The molecule has 0 aliphatic heterocycles. The summed E-state index contributed by atoms with van der Waals surface area (Å²) >= 11 is 0. The first kappa shape index (κ1) is 19.2. The van der Waals surface area contributed by atoms with Crippen molar-refractivity contribution in [3.63, 3.8) is 0 Å². The highest BCUT2D eigenvalue weighted by molar-refractivity contribution is 5.65. The minimum absolute atomic E-state index is 0.170. The van der Waals surface area contributed by atoms with Crippen LogP contribution in [0.2, 0.25) is 0 Å². The van der Waals surface area contributed by atoms with E-state index in [4.69, 9.17) is 9.84 Å². The van der Waals surface area contributed by atoms with Crippen LogP contribution in [0.15, 0.2) is 12.2 Å². The zero-order valence-electron chi connectivity index (χ0n) is 13.1. The van der Waals surface area contributed by atoms with Crippen LogP contribution in [0.25, 0.3) is 0 Å². The van der Waals surface area contributed by atoms with Gasteiger partial charge in [0, 0.05) is 13.5 Å². The molecule has 0 fully saturated rings. The van der Waals surface area contributed by atoms with Gasteiger partial charge in [-0.1, -0.05) is 57.1 Å². The predicted octanol–water partition coefficient (Wildman–Crippen LogP) is 4.39. The van der Waals surface area contributed by atoms with Crippen LogP contribution in [0.1, 0.15) is 77.6 Å². The Balaban J connectivity index is 3.01. The summed E-state index contributed by atoms with van der Waals surface area (Å²) in [5.41, 5.74) is 0. The summed E-state index contributed by atoms with van der Waals surface area (Å²) in [7, 11) is 0. The number of esters is 1. The average Bonchev–Trinajstić information content (AvgIpc) is 2.43. The van der Waals surface area contributed by atoms with Gasteiger partial charge in [0.25, 0.3) is 0 Å². The Bertz CT molecular complexity index is 236. The number of ether oxygens (including phenoxy) is 1. The SMILES string of the molecule is CC(=O)OCCCCCCCCCCC/C=C/CCO. The van der Waals surface area contributed by atoms with Gasteiger partial charge >= 0.3 is 5.97 Å². The van der Waals surface area contributed by atoms with Gasteiger partial charge in [0.2, 0.25) is 0 Å². The van der Waals surface area contributed by atoms with Crippen molar-refractivity contribution in [3.05, 3.63) is 12.2 Å². The Morgan fingerprint density at radius 1 is 0.850 bits per heavy atom. The molecule has 0 spiro atoms. The van der Waals surface area contributed by atoms with E-state index in [2.05, 4.69) is 12.2 Å². The van der Waals surface area contributed by atoms with Crippen molar-refractivity contribution in [2.75, 3.05) is 13.2 Å². The molecule has 0 atom stereocenters. The molecule has 20 heavy (non-hydrogen) atoms. The van der Waals surface area contributed by atoms with Gasteiger partial charge < -0.3 is 9.84 Å². The van der Waals surface area contributed by atoms with Crippen molar-refractivity contribution in [2.24, 2.45) is 0 Å². The summed E-state index contributed by atoms with van der Waals surface area (Å²) in [5.74, 6) is -0.170. The van der Waals surface area contributed by atoms with Gasteiger partial charge in [0.15, 0.2) is 0 Å². The lowest BCUT2D eigenvalue weighted by Crippen LogP contribution is -2.00. The second-order valence-electron chi connectivity index (χ2n) is 5.29. The van der Waals surface area contributed by atoms with Crippen LogP contribution in [-0.4, -0.2) is 24.3 Å². The summed E-state index contributed by atoms with van der Waals surface area (Å²) in [6, 6.07) is 0. The van der Waals surface area contributed by atoms with E-state index >= 15 is 0 Å². The first-order valence-corrected chi connectivity index (χ1v) is 8.16. The van der Waals surface area contributed by atoms with Crippen LogP contribution in [-0.2, 0) is 9.53 Å². The quantitative estimate of drug-likeness (QED) is 0.292. The number of hydrogen-bond donors (Lipinski definition) is 1. The van der Waals surface area contributed by atoms with Crippen molar-refractivity contribution in [3.8, 4) is 0 Å². The average molecular weight is 284 g/mol. The third-order valence-corrected chi connectivity index (χ3v) is 3.28. The molecule has 0 aromatic heterocycles. The predicted molar refractivity (Wildman–Crippen MR) is 83.6 cm³/mol. The fourth-order valence-corrected chi connectivity index (χ4v) is 2.13. The van der Waals surface area contributed by atoms with Crippen molar-refractivity contribution in [1.29, 1.82) is 0 Å². The smallest absolute Gasteiger partial charge is 0.302 e. The van der Waals surface area contributed by atoms with E-state index in [1.165, 1.54) is 58.3 Å². The van der Waals surface area contributed by atoms with Gasteiger partial charge in [-0.3, -0.25) is 4.79 Å². The molecule has 0 aliphatic rings. The summed E-state index contributed by atoms with van der Waals surface area (Å²) < 4.78 is 4.89. The topological polar surface area (TPSA) is 46.5 Å². The maximum Gasteiger partial charge on any atom is 0.302 e. The lowest BCUT2D eigenvalue weighted by Gasteiger charge is -2.03. The Kier molecular flexibility index (Phi) is 15.6. The Morgan fingerprint density at radius 3 is 1.90 bits per heavy atom. The van der Waals surface area contributed by atoms with E-state index in [9.17, 15) is 4.79 Å². The van der Waals surface area contributed by atoms with E-state index < -0.39 is 0 Å². The minimum Gasteiger partial charge on any atom is -0.466 e. The van der Waals surface area contributed by atoms with Crippen LogP contribution in [0.3, 0.4) is 0 Å². The molecule has 3 heteroatoms. The number of aliphatic hydroxyl groups is 1. The summed E-state index contributed by atoms with van der Waals surface area (Å²) in [6.45, 7) is 2.30. The lowest BCUT2D eigenvalue weighted by atomic mass is 10.1. The zero-order chi connectivity index (χ0) is 14.9. The van der Waals surface area contributed by atoms with Gasteiger partial charge in [-0.15, -0.1) is 0 Å². The van der Waals surface area contributed by atoms with Gasteiger partial charge in [-0.05, 0) is 25.7 Å². The van der Waals surface area contributed by atoms with E-state index in [1.807, 2.05) is 0 Å². The molecule has 1 N–H and O–H groups in total. The molecule has 0 rings (SSSR count). The lowest BCUT2D eigenvalue weighted by molar-refractivity contribution is -0.141. The number of carbonyl (C=O) groups excluding carboxylic acids is 1. The van der Waals surface area contributed by atoms with Crippen molar-refractivity contribution in [1.82, 2.24) is 0 Å². The van der Waals surface area contributed by atoms with Crippen LogP contribution < -0.4 is 0 Å². The Morgan fingerprint density at radius 2 is 1.35 bits per heavy atom. The molecule has 0 saturated heterocycles. The van der Waals surface area contributed by atoms with Crippen LogP contribution in [0, 0.1) is 0 Å². The number of rotatable bonds is 14. The third-order valence-electron chi connectivity index (χ3n) is 3.28. The number of carbonyl (C=O) groups is 1. The summed E-state index contributed by atoms with van der Waals surface area (Å²) in [4.78, 5) is 10.5. The molecule has 118 valence electrons. The summed E-state index contributed by atoms with van der Waals surface area (Å²) in [5, 5.41) is 8.61. The first-order chi connectivity index (χ1) is 9.77. The van der Waals surface area contributed by atoms with E-state index in [1.54, 1.807) is 0 Å². The monoisotopic (exact) mass is 284 g/mol. The zero-order valence-corrected chi connectivity index (χ0v) is 13.1. The Hall–Kier alpha value is -0.830. The number of hydrogen-bond acceptors (Lipinski definition) is 3. The second-order valence-corrected chi connectivity index (χ2v) is 5.29. The first-order valence-electron chi connectivity index (χ1n) is 8.16. The third kappa shape index (κ3) is 17.2. The molecule has 0 aliphatic carbocycles. The fourth-order valence-electron chi connectivity index (χ4n) is 2.13. The normalized spacial score (nSPS) is 11.1. The van der Waals surface area contributed by atoms with Gasteiger partial charge in [0.05, 0.1) is 6.61 Å². The minimum atomic E-state index is -0.170. The maximum absolute atomic E-state index is 10.5. The largest absolute Gasteiger partial charge is 0.466 e. The summed E-state index contributed by atoms with van der Waals surface area (Å²) in [6.07, 6.45) is 17.5. The molecule has 0 heterocycles. The van der Waals surface area contributed by atoms with Crippen molar-refractivity contribution < 1.29 is 14.6 Å². The number of allylic oxidation sites excluding steroid dienone is 1. The molecule has 0 saturated carbocycles. The molecule has 0 amide bonds. The molecular formula is C17H32O3. The molecule has 0 bridgehead atoms. The molecule has 0 aromatic carbocycles. The van der Waals surface area contributed by atoms with Gasteiger partial charge in [0.1, 0.15) is 0 Å². The second kappa shape index (κ2) is 16.2. The van der Waals surface area contributed by atoms with Gasteiger partial charge in [-0.2, -0.15) is 0 Å². The van der Waals surface area contributed by atoms with Crippen LogP contribution >= 0.6 is 0 Å². The van der Waals surface area contributed by atoms with E-state index in [-0.39, 0.29) is 12.6 Å². The molecule has 0 unspecified atom stereocenters. The maximum atomic E-state index is 10.5. The highest BCUT2D eigenvalue weighted by Crippen LogP contribution is 2.10. The molecule has 0 aromatic rings. The van der Waals surface area contributed by atoms with E-state index in [0.717, 1.165) is 19.3 Å². The van der Waals surface area contributed by atoms with Crippen LogP contribution in [0.5, 0.6) is 0 Å². The van der Waals surface area contributed by atoms with E-state index in [0.29, 0.717) is 6.61 Å². The number of aliphatic hydroxyl groups excluding tert-OH is 1. The Labute approximate surface area is 124 Å².